The van der Waals surface area contributed by atoms with Gasteiger partial charge in [-0.2, -0.15) is 0 Å². The lowest BCUT2D eigenvalue weighted by Crippen LogP contribution is -2.49. The van der Waals surface area contributed by atoms with Crippen molar-refractivity contribution in [2.75, 3.05) is 19.8 Å². The first-order valence-corrected chi connectivity index (χ1v) is 8.26. The molecule has 0 bridgehead atoms. The van der Waals surface area contributed by atoms with Crippen LogP contribution in [0.3, 0.4) is 0 Å². The molecule has 0 unspecified atom stereocenters. The normalized spacial score (nSPS) is 17.7. The summed E-state index contributed by atoms with van der Waals surface area (Å²) < 4.78 is 5.59. The van der Waals surface area contributed by atoms with Gasteiger partial charge in [-0.25, -0.2) is 0 Å². The van der Waals surface area contributed by atoms with Gasteiger partial charge in [-0.3, -0.25) is 19.7 Å². The van der Waals surface area contributed by atoms with Gasteiger partial charge in [0.05, 0.1) is 37.1 Å². The SMILES string of the molecule is Cc1nccnc1CC[C@H]1COCCN1C(=O)Cc1cccnc1. The van der Waals surface area contributed by atoms with Crippen LogP contribution in [0.15, 0.2) is 36.9 Å². The molecule has 24 heavy (non-hydrogen) atoms. The van der Waals surface area contributed by atoms with Crippen molar-refractivity contribution in [3.05, 3.63) is 53.9 Å². The Hall–Kier alpha value is -2.34. The maximum atomic E-state index is 12.7. The largest absolute Gasteiger partial charge is 0.377 e. The van der Waals surface area contributed by atoms with Crippen molar-refractivity contribution in [3.8, 4) is 0 Å². The van der Waals surface area contributed by atoms with Crippen LogP contribution in [0.25, 0.3) is 0 Å². The highest BCUT2D eigenvalue weighted by molar-refractivity contribution is 5.79. The third kappa shape index (κ3) is 4.14. The van der Waals surface area contributed by atoms with E-state index in [-0.39, 0.29) is 11.9 Å². The van der Waals surface area contributed by atoms with Crippen LogP contribution in [-0.4, -0.2) is 51.6 Å². The molecule has 0 aromatic carbocycles. The molecular formula is C18H22N4O2. The van der Waals surface area contributed by atoms with Gasteiger partial charge in [-0.15, -0.1) is 0 Å². The molecule has 1 saturated heterocycles. The molecule has 1 aliphatic rings. The molecule has 0 radical (unpaired) electrons. The van der Waals surface area contributed by atoms with Crippen LogP contribution in [0, 0.1) is 6.92 Å². The van der Waals surface area contributed by atoms with Gasteiger partial charge in [-0.1, -0.05) is 6.07 Å². The number of ether oxygens (including phenoxy) is 1. The lowest BCUT2D eigenvalue weighted by molar-refractivity contribution is -0.139. The van der Waals surface area contributed by atoms with E-state index in [4.69, 9.17) is 4.74 Å². The average Bonchev–Trinajstić information content (AvgIpc) is 2.62. The van der Waals surface area contributed by atoms with Crippen molar-refractivity contribution in [2.45, 2.75) is 32.2 Å². The van der Waals surface area contributed by atoms with Crippen LogP contribution >= 0.6 is 0 Å². The van der Waals surface area contributed by atoms with Crippen LogP contribution in [0.4, 0.5) is 0 Å². The van der Waals surface area contributed by atoms with E-state index in [1.165, 1.54) is 0 Å². The fourth-order valence-electron chi connectivity index (χ4n) is 2.99. The quantitative estimate of drug-likeness (QED) is 0.834. The van der Waals surface area contributed by atoms with Crippen LogP contribution in [0.2, 0.25) is 0 Å². The molecule has 0 spiro atoms. The molecule has 1 atom stereocenters. The van der Waals surface area contributed by atoms with Gasteiger partial charge in [0.25, 0.3) is 0 Å². The maximum absolute atomic E-state index is 12.7. The Balaban J connectivity index is 1.62. The lowest BCUT2D eigenvalue weighted by Gasteiger charge is -2.36. The first-order valence-electron chi connectivity index (χ1n) is 8.26. The predicted molar refractivity (Wildman–Crippen MR) is 89.4 cm³/mol. The van der Waals surface area contributed by atoms with Crippen molar-refractivity contribution in [1.29, 1.82) is 0 Å². The van der Waals surface area contributed by atoms with Crippen LogP contribution in [0.5, 0.6) is 0 Å². The van der Waals surface area contributed by atoms with E-state index in [1.54, 1.807) is 24.8 Å². The Morgan fingerprint density at radius 3 is 3.00 bits per heavy atom. The third-order valence-electron chi connectivity index (χ3n) is 4.32. The van der Waals surface area contributed by atoms with E-state index in [1.807, 2.05) is 24.0 Å². The third-order valence-corrected chi connectivity index (χ3v) is 4.32. The molecule has 1 amide bonds. The number of rotatable bonds is 5. The number of aryl methyl sites for hydroxylation is 2. The summed E-state index contributed by atoms with van der Waals surface area (Å²) in [5, 5.41) is 0. The van der Waals surface area contributed by atoms with E-state index >= 15 is 0 Å². The molecule has 2 aromatic heterocycles. The van der Waals surface area contributed by atoms with Gasteiger partial charge in [0, 0.05) is 31.3 Å². The lowest BCUT2D eigenvalue weighted by atomic mass is 10.0. The fourth-order valence-corrected chi connectivity index (χ4v) is 2.99. The molecule has 0 aliphatic carbocycles. The standard InChI is InChI=1S/C18H22N4O2/c1-14-17(21-8-7-20-14)5-4-16-13-24-10-9-22(16)18(23)11-15-3-2-6-19-12-15/h2-3,6-8,12,16H,4-5,9-11,13H2,1H3/t16-/m0/s1. The Bertz CT molecular complexity index is 678. The number of carbonyl (C=O) groups is 1. The number of nitrogens with zero attached hydrogens (tertiary/aromatic N) is 4. The summed E-state index contributed by atoms with van der Waals surface area (Å²) in [7, 11) is 0. The molecule has 0 saturated carbocycles. The summed E-state index contributed by atoms with van der Waals surface area (Å²) in [5.41, 5.74) is 2.88. The number of hydrogen-bond acceptors (Lipinski definition) is 5. The maximum Gasteiger partial charge on any atom is 0.227 e. The van der Waals surface area contributed by atoms with E-state index in [0.717, 1.165) is 29.8 Å². The molecule has 2 aromatic rings. The van der Waals surface area contributed by atoms with Crippen LogP contribution < -0.4 is 0 Å². The predicted octanol–water partition coefficient (Wildman–Crippen LogP) is 1.58. The summed E-state index contributed by atoms with van der Waals surface area (Å²) in [6.45, 7) is 3.78. The number of amides is 1. The van der Waals surface area contributed by atoms with Gasteiger partial charge in [0.1, 0.15) is 0 Å². The number of pyridine rings is 1. The molecule has 6 heteroatoms. The molecule has 6 nitrogen and oxygen atoms in total. The van der Waals surface area contributed by atoms with Crippen LogP contribution in [0.1, 0.15) is 23.4 Å². The number of aromatic nitrogens is 3. The van der Waals surface area contributed by atoms with Gasteiger partial charge < -0.3 is 9.64 Å². The highest BCUT2D eigenvalue weighted by Gasteiger charge is 2.27. The Kier molecular flexibility index (Phi) is 5.48. The van der Waals surface area contributed by atoms with Crippen molar-refractivity contribution in [1.82, 2.24) is 19.9 Å². The number of morpholine rings is 1. The molecule has 3 rings (SSSR count). The van der Waals surface area contributed by atoms with Crippen molar-refractivity contribution < 1.29 is 9.53 Å². The van der Waals surface area contributed by atoms with E-state index in [0.29, 0.717) is 26.2 Å². The minimum atomic E-state index is 0.0873. The summed E-state index contributed by atoms with van der Waals surface area (Å²) in [6, 6.07) is 3.88. The molecule has 126 valence electrons. The molecular weight excluding hydrogens is 304 g/mol. The summed E-state index contributed by atoms with van der Waals surface area (Å²) in [4.78, 5) is 27.4. The first-order chi connectivity index (χ1) is 11.7. The Labute approximate surface area is 141 Å². The van der Waals surface area contributed by atoms with E-state index in [9.17, 15) is 4.79 Å². The Morgan fingerprint density at radius 2 is 2.21 bits per heavy atom. The second kappa shape index (κ2) is 7.97. The van der Waals surface area contributed by atoms with Gasteiger partial charge >= 0.3 is 0 Å². The molecule has 3 heterocycles. The minimum absolute atomic E-state index is 0.0873. The van der Waals surface area contributed by atoms with Crippen molar-refractivity contribution >= 4 is 5.91 Å². The highest BCUT2D eigenvalue weighted by Crippen LogP contribution is 2.16. The second-order valence-corrected chi connectivity index (χ2v) is 5.98. The van der Waals surface area contributed by atoms with E-state index < -0.39 is 0 Å². The van der Waals surface area contributed by atoms with Crippen LogP contribution in [-0.2, 0) is 22.4 Å². The zero-order valence-electron chi connectivity index (χ0n) is 13.9. The molecule has 1 aliphatic heterocycles. The van der Waals surface area contributed by atoms with Gasteiger partial charge in [-0.05, 0) is 31.4 Å². The smallest absolute Gasteiger partial charge is 0.227 e. The zero-order chi connectivity index (χ0) is 16.8. The highest BCUT2D eigenvalue weighted by atomic mass is 16.5. The minimum Gasteiger partial charge on any atom is -0.377 e. The molecule has 0 N–H and O–H groups in total. The summed E-state index contributed by atoms with van der Waals surface area (Å²) in [6.07, 6.45) is 8.89. The summed E-state index contributed by atoms with van der Waals surface area (Å²) >= 11 is 0. The van der Waals surface area contributed by atoms with E-state index in [2.05, 4.69) is 15.0 Å². The Morgan fingerprint density at radius 1 is 1.33 bits per heavy atom. The zero-order valence-corrected chi connectivity index (χ0v) is 13.9. The fraction of sp³-hybridized carbons (Fsp3) is 0.444. The van der Waals surface area contributed by atoms with Gasteiger partial charge in [0.2, 0.25) is 5.91 Å². The first kappa shape index (κ1) is 16.5. The van der Waals surface area contributed by atoms with Crippen molar-refractivity contribution in [3.63, 3.8) is 0 Å². The summed E-state index contributed by atoms with van der Waals surface area (Å²) in [5.74, 6) is 0.132. The molecule has 1 fully saturated rings. The monoisotopic (exact) mass is 326 g/mol. The van der Waals surface area contributed by atoms with Crippen molar-refractivity contribution in [2.24, 2.45) is 0 Å². The number of hydrogen-bond donors (Lipinski definition) is 0. The average molecular weight is 326 g/mol. The topological polar surface area (TPSA) is 68.2 Å². The number of carbonyl (C=O) groups excluding carboxylic acids is 1. The second-order valence-electron chi connectivity index (χ2n) is 5.98. The van der Waals surface area contributed by atoms with Gasteiger partial charge in [0.15, 0.2) is 0 Å².